The molecule has 0 aliphatic heterocycles. The van der Waals surface area contributed by atoms with Crippen LogP contribution in [0, 0.1) is 0 Å². The van der Waals surface area contributed by atoms with Crippen molar-refractivity contribution in [3.63, 3.8) is 0 Å². The highest BCUT2D eigenvalue weighted by Crippen LogP contribution is 2.22. The number of carbonyl (C=O) groups is 3. The zero-order valence-electron chi connectivity index (χ0n) is 27.3. The Bertz CT molecular complexity index is 1140. The van der Waals surface area contributed by atoms with Crippen LogP contribution in [0.15, 0.2) is 42.5 Å². The van der Waals surface area contributed by atoms with Crippen LogP contribution in [-0.2, 0) is 14.4 Å². The maximum absolute atomic E-state index is 13.4. The molecule has 2 rings (SSSR count). The Labute approximate surface area is 266 Å². The summed E-state index contributed by atoms with van der Waals surface area (Å²) in [7, 11) is 0. The lowest BCUT2D eigenvalue weighted by Crippen LogP contribution is -2.13. The van der Waals surface area contributed by atoms with Crippen molar-refractivity contribution >= 4 is 35.3 Å². The number of ketones is 1. The monoisotopic (exact) mass is 603 g/mol. The number of unbranched alkanes of at least 4 members (excludes halogenated alkanes) is 16. The molecule has 241 valence electrons. The maximum Gasteiger partial charge on any atom is 0.234 e. The van der Waals surface area contributed by atoms with Crippen LogP contribution in [-0.4, -0.2) is 23.9 Å². The Morgan fingerprint density at radius 3 is 1.50 bits per heavy atom. The molecule has 1 radical (unpaired) electrons. The van der Waals surface area contributed by atoms with E-state index in [1.54, 1.807) is 30.3 Å². The minimum atomic E-state index is -0.367. The molecule has 0 fully saturated rings. The molecule has 0 spiro atoms. The van der Waals surface area contributed by atoms with Crippen molar-refractivity contribution in [2.45, 2.75) is 142 Å². The van der Waals surface area contributed by atoms with E-state index in [1.165, 1.54) is 89.2 Å². The molecule has 6 nitrogen and oxygen atoms in total. The summed E-state index contributed by atoms with van der Waals surface area (Å²) < 4.78 is 0. The van der Waals surface area contributed by atoms with E-state index in [1.807, 2.05) is 6.29 Å². The first-order valence-corrected chi connectivity index (χ1v) is 17.2. The summed E-state index contributed by atoms with van der Waals surface area (Å²) in [6.07, 6.45) is 24.0. The van der Waals surface area contributed by atoms with Crippen LogP contribution in [0.4, 0.5) is 11.4 Å². The number of anilines is 2. The van der Waals surface area contributed by atoms with E-state index in [0.29, 0.717) is 29.8 Å². The summed E-state index contributed by atoms with van der Waals surface area (Å²) in [5, 5.41) is 5.77. The Kier molecular flexibility index (Phi) is 19.4. The highest BCUT2D eigenvalue weighted by atomic mass is 16.2. The van der Waals surface area contributed by atoms with Gasteiger partial charge in [-0.3, -0.25) is 19.2 Å². The fourth-order valence-corrected chi connectivity index (χ4v) is 5.43. The summed E-state index contributed by atoms with van der Waals surface area (Å²) in [5.41, 5.74) is 1.66. The van der Waals surface area contributed by atoms with Gasteiger partial charge in [-0.25, -0.2) is 0 Å². The van der Waals surface area contributed by atoms with Crippen LogP contribution in [0.25, 0.3) is 0 Å². The summed E-state index contributed by atoms with van der Waals surface area (Å²) in [6, 6.07) is 11.4. The Morgan fingerprint density at radius 2 is 1.02 bits per heavy atom. The third kappa shape index (κ3) is 15.4. The zero-order valence-corrected chi connectivity index (χ0v) is 27.3. The van der Waals surface area contributed by atoms with Gasteiger partial charge in [0.1, 0.15) is 0 Å². The minimum Gasteiger partial charge on any atom is -0.326 e. The average Bonchev–Trinajstić information content (AvgIpc) is 3.03. The topological polar surface area (TPSA) is 92.3 Å². The molecule has 0 bridgehead atoms. The molecule has 0 aliphatic carbocycles. The Balaban J connectivity index is 1.83. The number of amides is 2. The van der Waals surface area contributed by atoms with Gasteiger partial charge in [0.15, 0.2) is 5.78 Å². The van der Waals surface area contributed by atoms with Gasteiger partial charge in [-0.1, -0.05) is 129 Å². The van der Waals surface area contributed by atoms with E-state index in [2.05, 4.69) is 24.5 Å². The molecular weight excluding hydrogens is 548 g/mol. The zero-order chi connectivity index (χ0) is 31.8. The number of nitrogens with one attached hydrogen (secondary N) is 2. The van der Waals surface area contributed by atoms with Crippen LogP contribution in [0.1, 0.15) is 164 Å². The molecule has 0 saturated heterocycles. The fourth-order valence-electron chi connectivity index (χ4n) is 5.43. The number of benzene rings is 2. The molecular formula is C38H55N2O4. The van der Waals surface area contributed by atoms with E-state index in [9.17, 15) is 19.2 Å². The highest BCUT2D eigenvalue weighted by molar-refractivity contribution is 6.14. The third-order valence-electron chi connectivity index (χ3n) is 8.08. The van der Waals surface area contributed by atoms with Crippen LogP contribution < -0.4 is 10.6 Å². The summed E-state index contributed by atoms with van der Waals surface area (Å²) >= 11 is 0. The van der Waals surface area contributed by atoms with Crippen molar-refractivity contribution in [3.8, 4) is 0 Å². The molecule has 2 amide bonds. The van der Waals surface area contributed by atoms with E-state index in [-0.39, 0.29) is 28.7 Å². The molecule has 0 saturated carbocycles. The number of rotatable bonds is 25. The fraction of sp³-hybridized carbons (Fsp3) is 0.579. The maximum atomic E-state index is 13.4. The van der Waals surface area contributed by atoms with Gasteiger partial charge in [0.25, 0.3) is 0 Å². The lowest BCUT2D eigenvalue weighted by atomic mass is 9.97. The number of carbonyl (C=O) groups excluding carboxylic acids is 4. The molecule has 0 atom stereocenters. The quantitative estimate of drug-likeness (QED) is 0.0872. The normalized spacial score (nSPS) is 10.9. The first kappa shape index (κ1) is 36.9. The van der Waals surface area contributed by atoms with Crippen molar-refractivity contribution < 1.29 is 19.2 Å². The predicted octanol–water partition coefficient (Wildman–Crippen LogP) is 10.1. The van der Waals surface area contributed by atoms with E-state index in [0.717, 1.165) is 38.5 Å². The molecule has 2 aromatic carbocycles. The highest BCUT2D eigenvalue weighted by Gasteiger charge is 2.17. The van der Waals surface area contributed by atoms with Gasteiger partial charge in [-0.05, 0) is 43.2 Å². The second kappa shape index (κ2) is 23.1. The van der Waals surface area contributed by atoms with Crippen molar-refractivity contribution in [1.29, 1.82) is 0 Å². The van der Waals surface area contributed by atoms with Crippen molar-refractivity contribution in [3.05, 3.63) is 59.2 Å². The molecule has 6 heteroatoms. The van der Waals surface area contributed by atoms with Crippen molar-refractivity contribution in [2.24, 2.45) is 0 Å². The van der Waals surface area contributed by atoms with Gasteiger partial charge < -0.3 is 10.6 Å². The summed E-state index contributed by atoms with van der Waals surface area (Å²) in [4.78, 5) is 50.1. The molecule has 44 heavy (non-hydrogen) atoms. The first-order valence-electron chi connectivity index (χ1n) is 17.2. The molecule has 0 unspecified atom stereocenters. The molecule has 0 heterocycles. The van der Waals surface area contributed by atoms with Gasteiger partial charge >= 0.3 is 0 Å². The van der Waals surface area contributed by atoms with Gasteiger partial charge in [0.05, 0.1) is 0 Å². The van der Waals surface area contributed by atoms with E-state index in [4.69, 9.17) is 0 Å². The molecule has 0 aromatic heterocycles. The van der Waals surface area contributed by atoms with Gasteiger partial charge in [0.2, 0.25) is 18.1 Å². The number of hydrogen-bond donors (Lipinski definition) is 2. The van der Waals surface area contributed by atoms with E-state index < -0.39 is 0 Å². The standard InChI is InChI=1S/C38H55N2O4/c1-3-5-7-9-11-13-15-17-19-24-36(42)39-33-23-21-22-31(28-33)38(44)35-29-34(27-26-32(35)30-41)40-37(43)25-20-18-16-14-12-10-8-6-4-2/h21-23,26-29H,3-20,24-25H2,1-2H3,(H,39,42)(H,40,43). The van der Waals surface area contributed by atoms with E-state index >= 15 is 0 Å². The van der Waals surface area contributed by atoms with Crippen LogP contribution in [0.5, 0.6) is 0 Å². The minimum absolute atomic E-state index is 0.0730. The van der Waals surface area contributed by atoms with Gasteiger partial charge in [0, 0.05) is 40.9 Å². The van der Waals surface area contributed by atoms with Crippen LogP contribution in [0.3, 0.4) is 0 Å². The third-order valence-corrected chi connectivity index (χ3v) is 8.08. The van der Waals surface area contributed by atoms with Crippen LogP contribution in [0.2, 0.25) is 0 Å². The molecule has 2 aromatic rings. The summed E-state index contributed by atoms with van der Waals surface area (Å²) in [5.74, 6) is -0.546. The smallest absolute Gasteiger partial charge is 0.234 e. The van der Waals surface area contributed by atoms with Crippen LogP contribution >= 0.6 is 0 Å². The SMILES string of the molecule is CCCCCCCCCCCC(=O)Nc1cccc(C(=O)c2cc(NC(=O)CCCCCCCCCCC)ccc2[C]=O)c1. The van der Waals surface area contributed by atoms with Gasteiger partial charge in [-0.2, -0.15) is 0 Å². The molecule has 0 aliphatic rings. The number of hydrogen-bond acceptors (Lipinski definition) is 4. The Hall–Kier alpha value is -3.28. The predicted molar refractivity (Wildman–Crippen MR) is 182 cm³/mol. The van der Waals surface area contributed by atoms with Crippen molar-refractivity contribution in [2.75, 3.05) is 10.6 Å². The van der Waals surface area contributed by atoms with Gasteiger partial charge in [-0.15, -0.1) is 0 Å². The lowest BCUT2D eigenvalue weighted by Gasteiger charge is -2.11. The largest absolute Gasteiger partial charge is 0.326 e. The van der Waals surface area contributed by atoms with Crippen molar-refractivity contribution in [1.82, 2.24) is 0 Å². The Morgan fingerprint density at radius 1 is 0.568 bits per heavy atom. The lowest BCUT2D eigenvalue weighted by molar-refractivity contribution is -0.117. The average molecular weight is 604 g/mol. The first-order chi connectivity index (χ1) is 21.5. The second-order valence-corrected chi connectivity index (χ2v) is 12.0. The molecule has 2 N–H and O–H groups in total. The second-order valence-electron chi connectivity index (χ2n) is 12.0. The summed E-state index contributed by atoms with van der Waals surface area (Å²) in [6.45, 7) is 4.45.